The van der Waals surface area contributed by atoms with Crippen molar-refractivity contribution in [2.75, 3.05) is 39.8 Å². The molecule has 0 radical (unpaired) electrons. The van der Waals surface area contributed by atoms with Gasteiger partial charge in [-0.1, -0.05) is 5.16 Å². The standard InChI is InChI=1S/C12H21N5O2/c1-13-11(9-14-10-3-4-10)15-19-12(18)17-7-5-16(2)6-8-17/h10,14H,1,3-9H2,2H3/b15-11-. The molecule has 1 aliphatic heterocycles. The van der Waals surface area contributed by atoms with E-state index in [0.29, 0.717) is 31.5 Å². The second kappa shape index (κ2) is 6.63. The fourth-order valence-corrected chi connectivity index (χ4v) is 1.78. The molecule has 1 saturated heterocycles. The van der Waals surface area contributed by atoms with Gasteiger partial charge in [0.2, 0.25) is 0 Å². The number of piperazine rings is 1. The van der Waals surface area contributed by atoms with Crippen molar-refractivity contribution in [3.05, 3.63) is 0 Å². The summed E-state index contributed by atoms with van der Waals surface area (Å²) in [6.45, 7) is 6.97. The van der Waals surface area contributed by atoms with Crippen molar-refractivity contribution in [3.63, 3.8) is 0 Å². The average Bonchev–Trinajstić information content (AvgIpc) is 3.23. The Labute approximate surface area is 113 Å². The maximum absolute atomic E-state index is 11.8. The zero-order valence-corrected chi connectivity index (χ0v) is 11.3. The first-order chi connectivity index (χ1) is 9.19. The molecule has 0 bridgehead atoms. The Bertz CT molecular complexity index is 359. The highest BCUT2D eigenvalue weighted by Gasteiger charge is 2.22. The molecule has 0 aromatic carbocycles. The van der Waals surface area contributed by atoms with Crippen molar-refractivity contribution < 1.29 is 9.63 Å². The summed E-state index contributed by atoms with van der Waals surface area (Å²) in [4.78, 5) is 24.2. The lowest BCUT2D eigenvalue weighted by Crippen LogP contribution is -2.47. The molecule has 1 amide bonds. The molecule has 1 N–H and O–H groups in total. The van der Waals surface area contributed by atoms with E-state index in [4.69, 9.17) is 4.84 Å². The van der Waals surface area contributed by atoms with E-state index in [9.17, 15) is 4.79 Å². The molecule has 0 aromatic heterocycles. The highest BCUT2D eigenvalue weighted by Crippen LogP contribution is 2.18. The first kappa shape index (κ1) is 14.0. The molecule has 0 atom stereocenters. The van der Waals surface area contributed by atoms with Crippen LogP contribution in [-0.2, 0) is 4.84 Å². The fourth-order valence-electron chi connectivity index (χ4n) is 1.78. The summed E-state index contributed by atoms with van der Waals surface area (Å²) in [7, 11) is 2.03. The molecule has 7 nitrogen and oxygen atoms in total. The lowest BCUT2D eigenvalue weighted by molar-refractivity contribution is 0.0840. The number of nitrogens with one attached hydrogen (secondary N) is 1. The van der Waals surface area contributed by atoms with Gasteiger partial charge in [0.15, 0.2) is 5.84 Å². The van der Waals surface area contributed by atoms with Gasteiger partial charge >= 0.3 is 6.09 Å². The van der Waals surface area contributed by atoms with Gasteiger partial charge in [0.05, 0.1) is 6.54 Å². The topological polar surface area (TPSA) is 69.5 Å². The number of oxime groups is 1. The summed E-state index contributed by atoms with van der Waals surface area (Å²) in [5.41, 5.74) is 0. The maximum atomic E-state index is 11.8. The van der Waals surface area contributed by atoms with Gasteiger partial charge in [0, 0.05) is 32.2 Å². The predicted molar refractivity (Wildman–Crippen MR) is 73.6 cm³/mol. The van der Waals surface area contributed by atoms with Gasteiger partial charge in [0.1, 0.15) is 0 Å². The van der Waals surface area contributed by atoms with Gasteiger partial charge in [-0.15, -0.1) is 0 Å². The van der Waals surface area contributed by atoms with Crippen LogP contribution in [0.4, 0.5) is 4.79 Å². The predicted octanol–water partition coefficient (Wildman–Crippen LogP) is 0.137. The van der Waals surface area contributed by atoms with Crippen molar-refractivity contribution in [2.45, 2.75) is 18.9 Å². The van der Waals surface area contributed by atoms with Crippen molar-refractivity contribution in [3.8, 4) is 0 Å². The molecule has 7 heteroatoms. The molecule has 0 aromatic rings. The van der Waals surface area contributed by atoms with E-state index >= 15 is 0 Å². The average molecular weight is 267 g/mol. The number of nitrogens with zero attached hydrogens (tertiary/aromatic N) is 4. The monoisotopic (exact) mass is 267 g/mol. The Balaban J connectivity index is 1.74. The number of amidine groups is 1. The van der Waals surface area contributed by atoms with Gasteiger partial charge < -0.3 is 15.1 Å². The van der Waals surface area contributed by atoms with Crippen LogP contribution in [0.2, 0.25) is 0 Å². The normalized spacial score (nSPS) is 21.3. The van der Waals surface area contributed by atoms with Crippen molar-refractivity contribution in [1.29, 1.82) is 0 Å². The van der Waals surface area contributed by atoms with E-state index in [-0.39, 0.29) is 0 Å². The first-order valence-corrected chi connectivity index (χ1v) is 6.60. The molecule has 1 saturated carbocycles. The van der Waals surface area contributed by atoms with Gasteiger partial charge in [-0.2, -0.15) is 0 Å². The highest BCUT2D eigenvalue weighted by atomic mass is 16.7. The number of carbonyl (C=O) groups excluding carboxylic acids is 1. The van der Waals surface area contributed by atoms with E-state index in [1.54, 1.807) is 4.90 Å². The summed E-state index contributed by atoms with van der Waals surface area (Å²) in [6, 6.07) is 0.556. The number of hydrogen-bond acceptors (Lipinski definition) is 5. The lowest BCUT2D eigenvalue weighted by atomic mass is 10.3. The minimum absolute atomic E-state index is 0.411. The van der Waals surface area contributed by atoms with Crippen LogP contribution in [-0.4, -0.2) is 74.3 Å². The third kappa shape index (κ3) is 4.60. The molecule has 0 spiro atoms. The number of hydrogen-bond donors (Lipinski definition) is 1. The summed E-state index contributed by atoms with van der Waals surface area (Å²) in [6.07, 6.45) is 1.96. The van der Waals surface area contributed by atoms with Crippen LogP contribution < -0.4 is 5.32 Å². The molecule has 106 valence electrons. The maximum Gasteiger partial charge on any atom is 0.436 e. The number of aliphatic imine (C=N–C) groups is 1. The molecule has 19 heavy (non-hydrogen) atoms. The summed E-state index contributed by atoms with van der Waals surface area (Å²) in [5, 5.41) is 7.00. The molecular weight excluding hydrogens is 246 g/mol. The molecule has 2 fully saturated rings. The zero-order chi connectivity index (χ0) is 13.7. The highest BCUT2D eigenvalue weighted by molar-refractivity contribution is 5.88. The Morgan fingerprint density at radius 1 is 1.37 bits per heavy atom. The van der Waals surface area contributed by atoms with Crippen molar-refractivity contribution in [1.82, 2.24) is 15.1 Å². The van der Waals surface area contributed by atoms with Crippen LogP contribution in [0.15, 0.2) is 10.1 Å². The Morgan fingerprint density at radius 2 is 2.05 bits per heavy atom. The third-order valence-electron chi connectivity index (χ3n) is 3.30. The Morgan fingerprint density at radius 3 is 2.63 bits per heavy atom. The number of likely N-dealkylation sites (N-methyl/N-ethyl adjacent to an activating group) is 1. The SMILES string of the molecule is C=N/C(CNC1CC1)=N\OC(=O)N1CCN(C)CC1. The van der Waals surface area contributed by atoms with Crippen LogP contribution >= 0.6 is 0 Å². The smallest absolute Gasteiger partial charge is 0.307 e. The summed E-state index contributed by atoms with van der Waals surface area (Å²) in [5.74, 6) is 0.411. The van der Waals surface area contributed by atoms with Crippen LogP contribution in [0.5, 0.6) is 0 Å². The van der Waals surface area contributed by atoms with Crippen LogP contribution in [0, 0.1) is 0 Å². The Hall–Kier alpha value is -1.47. The van der Waals surface area contributed by atoms with E-state index in [1.807, 2.05) is 7.05 Å². The number of amides is 1. The Kier molecular flexibility index (Phi) is 4.86. The van der Waals surface area contributed by atoms with Crippen LogP contribution in [0.1, 0.15) is 12.8 Å². The summed E-state index contributed by atoms with van der Waals surface area (Å²) < 4.78 is 0. The molecular formula is C12H21N5O2. The van der Waals surface area contributed by atoms with Crippen molar-refractivity contribution in [2.24, 2.45) is 10.1 Å². The first-order valence-electron chi connectivity index (χ1n) is 6.60. The lowest BCUT2D eigenvalue weighted by Gasteiger charge is -2.30. The second-order valence-corrected chi connectivity index (χ2v) is 4.97. The fraction of sp³-hybridized carbons (Fsp3) is 0.750. The minimum atomic E-state index is -0.416. The van der Waals surface area contributed by atoms with E-state index < -0.39 is 6.09 Å². The van der Waals surface area contributed by atoms with E-state index in [0.717, 1.165) is 13.1 Å². The molecule has 1 aliphatic carbocycles. The van der Waals surface area contributed by atoms with Crippen molar-refractivity contribution >= 4 is 18.6 Å². The largest absolute Gasteiger partial charge is 0.436 e. The summed E-state index contributed by atoms with van der Waals surface area (Å²) >= 11 is 0. The van der Waals surface area contributed by atoms with Gasteiger partial charge in [-0.3, -0.25) is 4.84 Å². The van der Waals surface area contributed by atoms with Gasteiger partial charge in [-0.05, 0) is 26.6 Å². The minimum Gasteiger partial charge on any atom is -0.307 e. The molecule has 2 rings (SSSR count). The molecule has 0 unspecified atom stereocenters. The quantitative estimate of drug-likeness (QED) is 0.340. The number of rotatable bonds is 4. The van der Waals surface area contributed by atoms with Gasteiger partial charge in [0.25, 0.3) is 0 Å². The van der Waals surface area contributed by atoms with E-state index in [2.05, 4.69) is 27.1 Å². The third-order valence-corrected chi connectivity index (χ3v) is 3.30. The molecule has 1 heterocycles. The van der Waals surface area contributed by atoms with Gasteiger partial charge in [-0.25, -0.2) is 9.79 Å². The second-order valence-electron chi connectivity index (χ2n) is 4.97. The molecule has 2 aliphatic rings. The zero-order valence-electron chi connectivity index (χ0n) is 11.3. The van der Waals surface area contributed by atoms with E-state index in [1.165, 1.54) is 12.8 Å². The van der Waals surface area contributed by atoms with Crippen LogP contribution in [0.3, 0.4) is 0 Å². The number of carbonyl (C=O) groups is 1. The van der Waals surface area contributed by atoms with Crippen LogP contribution in [0.25, 0.3) is 0 Å².